The minimum atomic E-state index is -1.85. The lowest BCUT2D eigenvalue weighted by molar-refractivity contribution is -0.335. The van der Waals surface area contributed by atoms with Crippen molar-refractivity contribution >= 4 is 29.8 Å². The minimum absolute atomic E-state index is 0.0935. The van der Waals surface area contributed by atoms with Crippen LogP contribution in [0.5, 0.6) is 0 Å². The van der Waals surface area contributed by atoms with Gasteiger partial charge in [0.25, 0.3) is 0 Å². The van der Waals surface area contributed by atoms with Crippen LogP contribution in [0.3, 0.4) is 0 Å². The van der Waals surface area contributed by atoms with Crippen molar-refractivity contribution in [3.63, 3.8) is 0 Å². The molecule has 12 nitrogen and oxygen atoms in total. The molecule has 1 aliphatic heterocycles. The van der Waals surface area contributed by atoms with Crippen LogP contribution in [-0.4, -0.2) is 76.0 Å². The lowest BCUT2D eigenvalue weighted by atomic mass is 9.46. The summed E-state index contributed by atoms with van der Waals surface area (Å²) >= 11 is 0. The summed E-state index contributed by atoms with van der Waals surface area (Å²) in [4.78, 5) is 71.7. The summed E-state index contributed by atoms with van der Waals surface area (Å²) in [5, 5.41) is 0. The van der Waals surface area contributed by atoms with Gasteiger partial charge < -0.3 is 28.4 Å². The van der Waals surface area contributed by atoms with Gasteiger partial charge in [-0.2, -0.15) is 0 Å². The number of rotatable bonds is 8. The van der Waals surface area contributed by atoms with Crippen molar-refractivity contribution in [2.75, 3.05) is 0 Å². The Morgan fingerprint density at radius 3 is 1.78 bits per heavy atom. The molecule has 2 saturated carbocycles. The quantitative estimate of drug-likeness (QED) is 0.222. The normalized spacial score (nSPS) is 31.7. The van der Waals surface area contributed by atoms with Crippen LogP contribution in [0.15, 0.2) is 85.2 Å². The molecule has 0 amide bonds. The molecule has 8 atom stereocenters. The maximum Gasteiger partial charge on any atom is 0.340 e. The fourth-order valence-electron chi connectivity index (χ4n) is 8.67. The fraction of sp³-hybridized carbons (Fsp3) is 0.436. The van der Waals surface area contributed by atoms with Gasteiger partial charge in [-0.1, -0.05) is 36.4 Å². The molecule has 4 unspecified atom stereocenters. The van der Waals surface area contributed by atoms with E-state index in [2.05, 4.69) is 4.98 Å². The monoisotopic (exact) mass is 699 g/mol. The fourth-order valence-corrected chi connectivity index (χ4v) is 8.67. The van der Waals surface area contributed by atoms with Gasteiger partial charge in [-0.25, -0.2) is 14.4 Å². The highest BCUT2D eigenvalue weighted by Crippen LogP contribution is 2.70. The molecule has 0 radical (unpaired) electrons. The maximum absolute atomic E-state index is 14.0. The second-order valence-corrected chi connectivity index (χ2v) is 14.2. The van der Waals surface area contributed by atoms with Crippen LogP contribution in [0.1, 0.15) is 85.5 Å². The van der Waals surface area contributed by atoms with Crippen molar-refractivity contribution < 1.29 is 52.4 Å². The molecule has 51 heavy (non-hydrogen) atoms. The molecule has 6 rings (SSSR count). The number of aromatic nitrogens is 1. The summed E-state index contributed by atoms with van der Waals surface area (Å²) in [6.45, 7) is 9.31. The first-order valence-corrected chi connectivity index (χ1v) is 16.8. The minimum Gasteiger partial charge on any atom is -0.458 e. The number of benzene rings is 2. The summed E-state index contributed by atoms with van der Waals surface area (Å²) in [7, 11) is 0. The van der Waals surface area contributed by atoms with Crippen LogP contribution >= 0.6 is 0 Å². The molecule has 1 aromatic heterocycles. The summed E-state index contributed by atoms with van der Waals surface area (Å²) in [5.74, 6) is -4.51. The first kappa shape index (κ1) is 35.7. The van der Waals surface area contributed by atoms with E-state index < -0.39 is 82.4 Å². The molecule has 3 aliphatic rings. The third-order valence-electron chi connectivity index (χ3n) is 10.6. The second-order valence-electron chi connectivity index (χ2n) is 14.2. The largest absolute Gasteiger partial charge is 0.458 e. The molecule has 268 valence electrons. The van der Waals surface area contributed by atoms with Crippen LogP contribution in [0.25, 0.3) is 0 Å². The molecule has 12 heteroatoms. The highest BCUT2D eigenvalue weighted by Gasteiger charge is 2.86. The standard InChI is InChI=1S/C39H41NO11/c1-23(41)46-30-29-31(48-35(45)27-18-13-21-40-22-27)39(51-36(29,3)4)37(5,50-24(2)42)20-19-28(47-33(43)25-14-9-7-10-15-25)38(39,6)32(30)49-34(44)26-16-11-8-12-17-26/h7-18,21-22,28-32H,19-20H2,1-6H3/t28?,29-,30?,31?,32?,37-,38+,39+/m1/s1. The number of carbonyl (C=O) groups is 5. The van der Waals surface area contributed by atoms with Gasteiger partial charge in [0.05, 0.1) is 33.6 Å². The number of fused-ring (bicyclic) bond motifs is 1. The average Bonchev–Trinajstić information content (AvgIpc) is 3.31. The van der Waals surface area contributed by atoms with Gasteiger partial charge in [0.1, 0.15) is 23.9 Å². The molecule has 0 N–H and O–H groups in total. The Kier molecular flexibility index (Phi) is 9.26. The number of pyridine rings is 1. The zero-order valence-corrected chi connectivity index (χ0v) is 29.3. The molecular formula is C39H41NO11. The molecule has 1 spiro atoms. The van der Waals surface area contributed by atoms with E-state index in [9.17, 15) is 24.0 Å². The summed E-state index contributed by atoms with van der Waals surface area (Å²) in [5.41, 5.74) is -5.78. The number of esters is 5. The Labute approximate surface area is 295 Å². The first-order valence-electron chi connectivity index (χ1n) is 16.8. The van der Waals surface area contributed by atoms with Gasteiger partial charge in [0.15, 0.2) is 11.7 Å². The van der Waals surface area contributed by atoms with Crippen LogP contribution in [-0.2, 0) is 38.0 Å². The van der Waals surface area contributed by atoms with Crippen LogP contribution < -0.4 is 0 Å². The topological polar surface area (TPSA) is 154 Å². The number of ether oxygens (including phenoxy) is 6. The first-order chi connectivity index (χ1) is 24.1. The Hall–Kier alpha value is -5.10. The highest BCUT2D eigenvalue weighted by atomic mass is 16.7. The van der Waals surface area contributed by atoms with Gasteiger partial charge in [0.2, 0.25) is 0 Å². The van der Waals surface area contributed by atoms with E-state index in [0.29, 0.717) is 0 Å². The Bertz CT molecular complexity index is 1820. The van der Waals surface area contributed by atoms with Gasteiger partial charge in [0, 0.05) is 26.2 Å². The molecule has 2 bridgehead atoms. The summed E-state index contributed by atoms with van der Waals surface area (Å²) < 4.78 is 38.6. The molecular weight excluding hydrogens is 658 g/mol. The zero-order chi connectivity index (χ0) is 36.8. The lowest BCUT2D eigenvalue weighted by Crippen LogP contribution is -2.82. The van der Waals surface area contributed by atoms with Gasteiger partial charge in [-0.15, -0.1) is 0 Å². The molecule has 1 saturated heterocycles. The third-order valence-corrected chi connectivity index (χ3v) is 10.6. The van der Waals surface area contributed by atoms with Gasteiger partial charge in [-0.05, 0) is 76.9 Å². The van der Waals surface area contributed by atoms with E-state index in [1.807, 2.05) is 0 Å². The van der Waals surface area contributed by atoms with E-state index in [1.54, 1.807) is 94.4 Å². The summed E-state index contributed by atoms with van der Waals surface area (Å²) in [6, 6.07) is 19.7. The van der Waals surface area contributed by atoms with Gasteiger partial charge >= 0.3 is 29.8 Å². The molecule has 3 fully saturated rings. The second kappa shape index (κ2) is 13.2. The van der Waals surface area contributed by atoms with E-state index >= 15 is 0 Å². The van der Waals surface area contributed by atoms with Crippen molar-refractivity contribution in [2.45, 2.75) is 95.6 Å². The summed E-state index contributed by atoms with van der Waals surface area (Å²) in [6.07, 6.45) is -2.04. The predicted molar refractivity (Wildman–Crippen MR) is 179 cm³/mol. The lowest BCUT2D eigenvalue weighted by Gasteiger charge is -2.65. The molecule has 2 aromatic carbocycles. The number of hydrogen-bond donors (Lipinski definition) is 0. The average molecular weight is 700 g/mol. The van der Waals surface area contributed by atoms with E-state index in [1.165, 1.54) is 32.3 Å². The van der Waals surface area contributed by atoms with Gasteiger partial charge in [-0.3, -0.25) is 14.6 Å². The predicted octanol–water partition coefficient (Wildman–Crippen LogP) is 5.29. The highest BCUT2D eigenvalue weighted by molar-refractivity contribution is 5.91. The molecule has 2 aliphatic carbocycles. The van der Waals surface area contributed by atoms with E-state index in [-0.39, 0.29) is 29.5 Å². The van der Waals surface area contributed by atoms with Crippen molar-refractivity contribution in [3.8, 4) is 0 Å². The maximum atomic E-state index is 14.0. The van der Waals surface area contributed by atoms with Crippen LogP contribution in [0.2, 0.25) is 0 Å². The molecule has 3 aromatic rings. The Morgan fingerprint density at radius 2 is 1.24 bits per heavy atom. The van der Waals surface area contributed by atoms with Crippen molar-refractivity contribution in [1.82, 2.24) is 4.98 Å². The van der Waals surface area contributed by atoms with E-state index in [4.69, 9.17) is 28.4 Å². The van der Waals surface area contributed by atoms with Crippen molar-refractivity contribution in [2.24, 2.45) is 11.3 Å². The molecule has 2 heterocycles. The number of nitrogens with zero attached hydrogens (tertiary/aromatic N) is 1. The van der Waals surface area contributed by atoms with Crippen molar-refractivity contribution in [3.05, 3.63) is 102 Å². The SMILES string of the molecule is CC(=O)OC1C(OC(=O)c2ccccc2)[C@]2(C)C(OC(=O)c3ccccc3)CC[C@@](C)(OC(C)=O)[C@]23OC(C)(C)[C@H]1C3OC(=O)c1cccnc1. The van der Waals surface area contributed by atoms with Crippen LogP contribution in [0.4, 0.5) is 0 Å². The van der Waals surface area contributed by atoms with E-state index in [0.717, 1.165) is 0 Å². The Balaban J connectivity index is 1.61. The van der Waals surface area contributed by atoms with Crippen molar-refractivity contribution in [1.29, 1.82) is 0 Å². The third kappa shape index (κ3) is 5.94. The Morgan fingerprint density at radius 1 is 0.686 bits per heavy atom. The number of hydrogen-bond acceptors (Lipinski definition) is 12. The number of carbonyl (C=O) groups excluding carboxylic acids is 5. The van der Waals surface area contributed by atoms with Crippen LogP contribution in [0, 0.1) is 11.3 Å². The zero-order valence-electron chi connectivity index (χ0n) is 29.3. The smallest absolute Gasteiger partial charge is 0.340 e.